The van der Waals surface area contributed by atoms with Crippen molar-refractivity contribution in [3.8, 4) is 0 Å². The van der Waals surface area contributed by atoms with Gasteiger partial charge in [-0.25, -0.2) is 8.42 Å². The van der Waals surface area contributed by atoms with E-state index in [1.165, 1.54) is 6.92 Å². The molecule has 1 N–H and O–H groups in total. The molecule has 0 aliphatic carbocycles. The van der Waals surface area contributed by atoms with Crippen LogP contribution in [0.5, 0.6) is 0 Å². The molecule has 0 saturated carbocycles. The lowest BCUT2D eigenvalue weighted by Gasteiger charge is -2.33. The Bertz CT molecular complexity index is 708. The molecule has 1 unspecified atom stereocenters. The first-order valence-electron chi connectivity index (χ1n) is 7.55. The van der Waals surface area contributed by atoms with Gasteiger partial charge in [0.15, 0.2) is 0 Å². The fourth-order valence-electron chi connectivity index (χ4n) is 3.18. The summed E-state index contributed by atoms with van der Waals surface area (Å²) in [7, 11) is -3.48. The molecule has 8 heteroatoms. The Hall–Kier alpha value is -1.15. The van der Waals surface area contributed by atoms with Gasteiger partial charge in [0.25, 0.3) is 0 Å². The van der Waals surface area contributed by atoms with Crippen LogP contribution in [0.1, 0.15) is 19.4 Å². The number of sulfonamides is 1. The molecule has 0 radical (unpaired) electrons. The molecule has 0 bridgehead atoms. The van der Waals surface area contributed by atoms with E-state index < -0.39 is 10.0 Å². The number of nitrogens with zero attached hydrogens (tertiary/aromatic N) is 2. The van der Waals surface area contributed by atoms with Crippen LogP contribution >= 0.6 is 12.4 Å². The maximum Gasteiger partial charge on any atom is 0.243 e. The van der Waals surface area contributed by atoms with Gasteiger partial charge in [0.05, 0.1) is 4.90 Å². The number of fused-ring (bicyclic) bond motifs is 1. The standard InChI is InChI=1S/C15H21N3O3S.ClH/c1-11-10-16-6-8-18(11)22(20,21)14-3-4-15-13(9-14)5-7-17(15)12(2)19;/h3-4,9,11,16H,5-8,10H2,1-2H3;1H. The first-order valence-corrected chi connectivity index (χ1v) is 8.99. The molecule has 128 valence electrons. The molecule has 23 heavy (non-hydrogen) atoms. The normalized spacial score (nSPS) is 21.7. The molecule has 2 aliphatic rings. The zero-order chi connectivity index (χ0) is 15.9. The van der Waals surface area contributed by atoms with Crippen LogP contribution in [-0.2, 0) is 21.2 Å². The van der Waals surface area contributed by atoms with E-state index >= 15 is 0 Å². The molecule has 1 fully saturated rings. The van der Waals surface area contributed by atoms with E-state index in [1.54, 1.807) is 27.4 Å². The number of carbonyl (C=O) groups is 1. The first-order chi connectivity index (χ1) is 10.4. The Balaban J connectivity index is 0.00000192. The lowest BCUT2D eigenvalue weighted by Crippen LogP contribution is -2.52. The van der Waals surface area contributed by atoms with E-state index in [2.05, 4.69) is 5.32 Å². The van der Waals surface area contributed by atoms with Gasteiger partial charge in [-0.1, -0.05) is 0 Å². The lowest BCUT2D eigenvalue weighted by atomic mass is 10.2. The highest BCUT2D eigenvalue weighted by molar-refractivity contribution is 7.89. The molecule has 1 amide bonds. The predicted molar refractivity (Wildman–Crippen MR) is 91.6 cm³/mol. The summed E-state index contributed by atoms with van der Waals surface area (Å²) in [4.78, 5) is 13.6. The van der Waals surface area contributed by atoms with Gasteiger partial charge in [-0.15, -0.1) is 12.4 Å². The zero-order valence-electron chi connectivity index (χ0n) is 13.3. The van der Waals surface area contributed by atoms with Crippen LogP contribution < -0.4 is 10.2 Å². The number of nitrogens with one attached hydrogen (secondary N) is 1. The average molecular weight is 360 g/mol. The van der Waals surface area contributed by atoms with Gasteiger partial charge >= 0.3 is 0 Å². The van der Waals surface area contributed by atoms with Crippen molar-refractivity contribution < 1.29 is 13.2 Å². The summed E-state index contributed by atoms with van der Waals surface area (Å²) in [5.74, 6) is -0.00918. The van der Waals surface area contributed by atoms with Crippen molar-refractivity contribution in [2.24, 2.45) is 0 Å². The third kappa shape index (κ3) is 3.24. The largest absolute Gasteiger partial charge is 0.314 e. The Kier molecular flexibility index (Phi) is 5.35. The molecule has 1 saturated heterocycles. The summed E-state index contributed by atoms with van der Waals surface area (Å²) in [6.45, 7) is 5.89. The van der Waals surface area contributed by atoms with Gasteiger partial charge in [0.1, 0.15) is 0 Å². The number of piperazine rings is 1. The van der Waals surface area contributed by atoms with Crippen LogP contribution in [0, 0.1) is 0 Å². The fourth-order valence-corrected chi connectivity index (χ4v) is 4.86. The summed E-state index contributed by atoms with van der Waals surface area (Å²) in [6.07, 6.45) is 0.704. The summed E-state index contributed by atoms with van der Waals surface area (Å²) in [5, 5.41) is 3.20. The molecule has 1 atom stereocenters. The van der Waals surface area contributed by atoms with E-state index in [-0.39, 0.29) is 24.4 Å². The molecule has 2 aliphatic heterocycles. The topological polar surface area (TPSA) is 69.7 Å². The number of halogens is 1. The van der Waals surface area contributed by atoms with Crippen LogP contribution in [0.3, 0.4) is 0 Å². The van der Waals surface area contributed by atoms with Crippen molar-refractivity contribution in [3.63, 3.8) is 0 Å². The second-order valence-corrected chi connectivity index (χ2v) is 7.77. The van der Waals surface area contributed by atoms with Gasteiger partial charge in [-0.3, -0.25) is 4.79 Å². The highest BCUT2D eigenvalue weighted by atomic mass is 35.5. The molecule has 2 heterocycles. The summed E-state index contributed by atoms with van der Waals surface area (Å²) in [6, 6.07) is 5.04. The molecular formula is C15H22ClN3O3S. The van der Waals surface area contributed by atoms with Gasteiger partial charge < -0.3 is 10.2 Å². The van der Waals surface area contributed by atoms with E-state index in [0.717, 1.165) is 11.3 Å². The van der Waals surface area contributed by atoms with Crippen LogP contribution in [0.2, 0.25) is 0 Å². The van der Waals surface area contributed by atoms with Gasteiger partial charge in [0, 0.05) is 44.8 Å². The second-order valence-electron chi connectivity index (χ2n) is 5.88. The highest BCUT2D eigenvalue weighted by Gasteiger charge is 2.32. The van der Waals surface area contributed by atoms with Gasteiger partial charge in [-0.05, 0) is 37.1 Å². The number of amides is 1. The number of hydrogen-bond acceptors (Lipinski definition) is 4. The number of benzene rings is 1. The van der Waals surface area contributed by atoms with Crippen LogP contribution in [-0.4, -0.2) is 50.9 Å². The maximum atomic E-state index is 12.8. The Morgan fingerprint density at radius 3 is 2.70 bits per heavy atom. The smallest absolute Gasteiger partial charge is 0.243 e. The van der Waals surface area contributed by atoms with E-state index in [1.807, 2.05) is 6.92 Å². The van der Waals surface area contributed by atoms with Crippen molar-refractivity contribution in [1.29, 1.82) is 0 Å². The molecule has 6 nitrogen and oxygen atoms in total. The maximum absolute atomic E-state index is 12.8. The minimum atomic E-state index is -3.48. The molecule has 0 spiro atoms. The molecule has 1 aromatic rings. The first kappa shape index (κ1) is 18.2. The second kappa shape index (κ2) is 6.76. The van der Waals surface area contributed by atoms with Gasteiger partial charge in [-0.2, -0.15) is 4.31 Å². The Morgan fingerprint density at radius 2 is 2.04 bits per heavy atom. The molecule has 3 rings (SSSR count). The van der Waals surface area contributed by atoms with Crippen LogP contribution in [0.15, 0.2) is 23.1 Å². The van der Waals surface area contributed by atoms with E-state index in [0.29, 0.717) is 37.5 Å². The quantitative estimate of drug-likeness (QED) is 0.855. The zero-order valence-corrected chi connectivity index (χ0v) is 14.9. The minimum absolute atomic E-state index is 0. The third-order valence-corrected chi connectivity index (χ3v) is 6.38. The number of anilines is 1. The summed E-state index contributed by atoms with van der Waals surface area (Å²) in [5.41, 5.74) is 1.76. The van der Waals surface area contributed by atoms with Crippen molar-refractivity contribution in [2.45, 2.75) is 31.2 Å². The van der Waals surface area contributed by atoms with Gasteiger partial charge in [0.2, 0.25) is 15.9 Å². The highest BCUT2D eigenvalue weighted by Crippen LogP contribution is 2.31. The van der Waals surface area contributed by atoms with Crippen LogP contribution in [0.25, 0.3) is 0 Å². The monoisotopic (exact) mass is 359 g/mol. The van der Waals surface area contributed by atoms with Crippen molar-refractivity contribution in [2.75, 3.05) is 31.1 Å². The summed E-state index contributed by atoms with van der Waals surface area (Å²) < 4.78 is 27.2. The Labute approximate surface area is 143 Å². The van der Waals surface area contributed by atoms with Crippen molar-refractivity contribution in [3.05, 3.63) is 23.8 Å². The number of hydrogen-bond donors (Lipinski definition) is 1. The van der Waals surface area contributed by atoms with Crippen molar-refractivity contribution >= 4 is 34.0 Å². The fraction of sp³-hybridized carbons (Fsp3) is 0.533. The SMILES string of the molecule is CC(=O)N1CCc2cc(S(=O)(=O)N3CCNCC3C)ccc21.Cl. The minimum Gasteiger partial charge on any atom is -0.314 e. The number of carbonyl (C=O) groups excluding carboxylic acids is 1. The molecule has 0 aromatic heterocycles. The average Bonchev–Trinajstić information content (AvgIpc) is 2.90. The Morgan fingerprint density at radius 1 is 1.30 bits per heavy atom. The number of rotatable bonds is 2. The lowest BCUT2D eigenvalue weighted by molar-refractivity contribution is -0.116. The molecule has 1 aromatic carbocycles. The van der Waals surface area contributed by atoms with E-state index in [9.17, 15) is 13.2 Å². The molecular weight excluding hydrogens is 338 g/mol. The van der Waals surface area contributed by atoms with Crippen molar-refractivity contribution in [1.82, 2.24) is 9.62 Å². The van der Waals surface area contributed by atoms with Crippen LogP contribution in [0.4, 0.5) is 5.69 Å². The van der Waals surface area contributed by atoms with E-state index in [4.69, 9.17) is 0 Å². The summed E-state index contributed by atoms with van der Waals surface area (Å²) >= 11 is 0. The predicted octanol–water partition coefficient (Wildman–Crippen LogP) is 1.000. The third-order valence-electron chi connectivity index (χ3n) is 4.37.